The Labute approximate surface area is 170 Å². The average Bonchev–Trinajstić information content (AvgIpc) is 3.01. The number of halogens is 1. The maximum absolute atomic E-state index is 11.6. The number of nitrogens with one attached hydrogen (secondary N) is 1. The van der Waals surface area contributed by atoms with Gasteiger partial charge in [-0.15, -0.1) is 5.10 Å². The van der Waals surface area contributed by atoms with Gasteiger partial charge in [-0.05, 0) is 47.5 Å². The molecule has 144 valence electrons. The van der Waals surface area contributed by atoms with E-state index >= 15 is 0 Å². The van der Waals surface area contributed by atoms with Crippen molar-refractivity contribution in [3.05, 3.63) is 64.7 Å². The minimum Gasteiger partial charge on any atom is -0.550 e. The van der Waals surface area contributed by atoms with E-state index in [9.17, 15) is 14.7 Å². The van der Waals surface area contributed by atoms with Gasteiger partial charge in [0.1, 0.15) is 12.4 Å². The van der Waals surface area contributed by atoms with Crippen molar-refractivity contribution in [1.29, 1.82) is 0 Å². The number of hydrogen-bond acceptors (Lipinski definition) is 7. The third kappa shape index (κ3) is 5.83. The molecule has 0 unspecified atom stereocenters. The molecular formula is C19H15ClN3O4S-. The monoisotopic (exact) mass is 416 g/mol. The maximum atomic E-state index is 11.6. The number of carboxylic acid groups (broad SMARTS) is 1. The molecule has 0 bridgehead atoms. The second kappa shape index (κ2) is 9.38. The zero-order valence-electron chi connectivity index (χ0n) is 14.5. The molecule has 0 radical (unpaired) electrons. The number of carboxylic acids is 1. The highest BCUT2D eigenvalue weighted by Crippen LogP contribution is 2.22. The van der Waals surface area contributed by atoms with Crippen molar-refractivity contribution >= 4 is 46.6 Å². The predicted molar refractivity (Wildman–Crippen MR) is 106 cm³/mol. The number of amidine groups is 1. The van der Waals surface area contributed by atoms with Crippen molar-refractivity contribution in [3.63, 3.8) is 0 Å². The van der Waals surface area contributed by atoms with Crippen molar-refractivity contribution in [2.45, 2.75) is 18.3 Å². The third-order valence-electron chi connectivity index (χ3n) is 3.68. The van der Waals surface area contributed by atoms with Gasteiger partial charge in [0, 0.05) is 17.4 Å². The van der Waals surface area contributed by atoms with Crippen LogP contribution in [-0.4, -0.2) is 28.5 Å². The molecule has 0 saturated carbocycles. The first-order valence-electron chi connectivity index (χ1n) is 8.25. The quantitative estimate of drug-likeness (QED) is 0.549. The van der Waals surface area contributed by atoms with Gasteiger partial charge in [-0.1, -0.05) is 35.5 Å². The first kappa shape index (κ1) is 19.9. The van der Waals surface area contributed by atoms with E-state index < -0.39 is 17.1 Å². The molecule has 9 heteroatoms. The fraction of sp³-hybridized carbons (Fsp3) is 0.158. The van der Waals surface area contributed by atoms with E-state index in [0.29, 0.717) is 17.4 Å². The Kier molecular flexibility index (Phi) is 6.67. The summed E-state index contributed by atoms with van der Waals surface area (Å²) in [6, 6.07) is 14.7. The lowest BCUT2D eigenvalue weighted by Crippen LogP contribution is -2.31. The molecule has 1 aliphatic rings. The molecule has 1 N–H and O–H groups in total. The SMILES string of the molecule is O=C([O-])C[C@@H]1S/C(=N\N=C/c2ccc(OCc3ccc(Cl)cc3)cc2)NC1=O. The van der Waals surface area contributed by atoms with E-state index in [1.165, 1.54) is 6.21 Å². The van der Waals surface area contributed by atoms with E-state index in [0.717, 1.165) is 22.9 Å². The highest BCUT2D eigenvalue weighted by atomic mass is 35.5. The first-order chi connectivity index (χ1) is 13.5. The van der Waals surface area contributed by atoms with Gasteiger partial charge in [0.2, 0.25) is 5.91 Å². The Morgan fingerprint density at radius 1 is 1.21 bits per heavy atom. The van der Waals surface area contributed by atoms with Gasteiger partial charge in [0.15, 0.2) is 5.17 Å². The lowest BCUT2D eigenvalue weighted by Gasteiger charge is -2.06. The molecular weight excluding hydrogens is 402 g/mol. The molecule has 3 rings (SSSR count). The second-order valence-corrected chi connectivity index (χ2v) is 7.43. The fourth-order valence-electron chi connectivity index (χ4n) is 2.28. The summed E-state index contributed by atoms with van der Waals surface area (Å²) < 4.78 is 5.71. The van der Waals surface area contributed by atoms with Gasteiger partial charge in [-0.25, -0.2) is 0 Å². The Morgan fingerprint density at radius 3 is 2.61 bits per heavy atom. The molecule has 1 amide bonds. The number of rotatable bonds is 7. The Balaban J connectivity index is 1.52. The first-order valence-corrected chi connectivity index (χ1v) is 9.51. The molecule has 1 heterocycles. The van der Waals surface area contributed by atoms with E-state index in [1.807, 2.05) is 48.5 Å². The van der Waals surface area contributed by atoms with Crippen LogP contribution in [0.15, 0.2) is 58.7 Å². The van der Waals surface area contributed by atoms with Crippen molar-refractivity contribution in [1.82, 2.24) is 5.32 Å². The average molecular weight is 417 g/mol. The molecule has 1 saturated heterocycles. The van der Waals surface area contributed by atoms with Crippen LogP contribution in [0, 0.1) is 0 Å². The molecule has 2 aromatic rings. The lowest BCUT2D eigenvalue weighted by atomic mass is 10.2. The van der Waals surface area contributed by atoms with E-state index in [4.69, 9.17) is 16.3 Å². The molecule has 7 nitrogen and oxygen atoms in total. The van der Waals surface area contributed by atoms with Crippen LogP contribution in [0.2, 0.25) is 5.02 Å². The summed E-state index contributed by atoms with van der Waals surface area (Å²) in [4.78, 5) is 22.2. The second-order valence-electron chi connectivity index (χ2n) is 5.81. The molecule has 0 spiro atoms. The van der Waals surface area contributed by atoms with E-state index in [2.05, 4.69) is 15.5 Å². The van der Waals surface area contributed by atoms with E-state index in [1.54, 1.807) is 0 Å². The largest absolute Gasteiger partial charge is 0.550 e. The maximum Gasteiger partial charge on any atom is 0.239 e. The summed E-state index contributed by atoms with van der Waals surface area (Å²) in [5.74, 6) is -0.983. The van der Waals surface area contributed by atoms with Crippen LogP contribution in [0.4, 0.5) is 0 Å². The molecule has 28 heavy (non-hydrogen) atoms. The number of carbonyl (C=O) groups is 2. The summed E-state index contributed by atoms with van der Waals surface area (Å²) in [5.41, 5.74) is 1.81. The summed E-state index contributed by atoms with van der Waals surface area (Å²) in [5, 5.41) is 21.1. The highest BCUT2D eigenvalue weighted by Gasteiger charge is 2.30. The number of hydrogen-bond donors (Lipinski definition) is 1. The normalized spacial score (nSPS) is 17.8. The van der Waals surface area contributed by atoms with Crippen molar-refractivity contribution in [2.75, 3.05) is 0 Å². The van der Waals surface area contributed by atoms with Crippen molar-refractivity contribution in [2.24, 2.45) is 10.2 Å². The fourth-order valence-corrected chi connectivity index (χ4v) is 3.32. The van der Waals surface area contributed by atoms with Gasteiger partial charge < -0.3 is 20.0 Å². The van der Waals surface area contributed by atoms with Crippen LogP contribution in [-0.2, 0) is 16.2 Å². The zero-order chi connectivity index (χ0) is 19.9. The Bertz CT molecular complexity index is 914. The third-order valence-corrected chi connectivity index (χ3v) is 5.01. The van der Waals surface area contributed by atoms with Crippen LogP contribution < -0.4 is 15.2 Å². The van der Waals surface area contributed by atoms with Crippen LogP contribution in [0.25, 0.3) is 0 Å². The molecule has 1 atom stereocenters. The Morgan fingerprint density at radius 2 is 1.93 bits per heavy atom. The van der Waals surface area contributed by atoms with Gasteiger partial charge >= 0.3 is 0 Å². The number of aliphatic carboxylic acids is 1. The molecule has 0 aliphatic carbocycles. The number of amides is 1. The van der Waals surface area contributed by atoms with Gasteiger partial charge in [0.05, 0.1) is 11.5 Å². The van der Waals surface area contributed by atoms with Crippen LogP contribution in [0.3, 0.4) is 0 Å². The smallest absolute Gasteiger partial charge is 0.239 e. The standard InChI is InChI=1S/C19H16ClN3O4S/c20-14-5-1-13(2-6-14)11-27-15-7-3-12(4-8-15)10-21-23-19-22-18(26)16(28-19)9-17(24)25/h1-8,10,16H,9,11H2,(H,24,25)(H,22,23,26)/p-1/b21-10-/t16-/m0/s1. The summed E-state index contributed by atoms with van der Waals surface area (Å²) in [6.07, 6.45) is 1.16. The van der Waals surface area contributed by atoms with Gasteiger partial charge in [0.25, 0.3) is 0 Å². The molecule has 0 aromatic heterocycles. The number of carbonyl (C=O) groups excluding carboxylic acids is 2. The van der Waals surface area contributed by atoms with Gasteiger partial charge in [-0.2, -0.15) is 5.10 Å². The lowest BCUT2D eigenvalue weighted by molar-refractivity contribution is -0.305. The molecule has 2 aromatic carbocycles. The number of benzene rings is 2. The Hall–Kier alpha value is -2.84. The minimum absolute atomic E-state index is 0.260. The summed E-state index contributed by atoms with van der Waals surface area (Å²) in [6.45, 7) is 0.433. The zero-order valence-corrected chi connectivity index (χ0v) is 16.1. The predicted octanol–water partition coefficient (Wildman–Crippen LogP) is 1.98. The highest BCUT2D eigenvalue weighted by molar-refractivity contribution is 8.15. The summed E-state index contributed by atoms with van der Waals surface area (Å²) >= 11 is 6.87. The molecule has 1 fully saturated rings. The van der Waals surface area contributed by atoms with E-state index in [-0.39, 0.29) is 11.6 Å². The molecule has 1 aliphatic heterocycles. The number of ether oxygens (including phenoxy) is 1. The van der Waals surface area contributed by atoms with Gasteiger partial charge in [-0.3, -0.25) is 4.79 Å². The van der Waals surface area contributed by atoms with Crippen LogP contribution in [0.1, 0.15) is 17.5 Å². The summed E-state index contributed by atoms with van der Waals surface area (Å²) in [7, 11) is 0. The van der Waals surface area contributed by atoms with Crippen molar-refractivity contribution in [3.8, 4) is 5.75 Å². The minimum atomic E-state index is -1.28. The topological polar surface area (TPSA) is 103 Å². The van der Waals surface area contributed by atoms with Crippen LogP contribution >= 0.6 is 23.4 Å². The van der Waals surface area contributed by atoms with Crippen LogP contribution in [0.5, 0.6) is 5.75 Å². The number of thioether (sulfide) groups is 1. The van der Waals surface area contributed by atoms with Crippen molar-refractivity contribution < 1.29 is 19.4 Å². The number of nitrogens with zero attached hydrogens (tertiary/aromatic N) is 2.